The highest BCUT2D eigenvalue weighted by molar-refractivity contribution is 6.30. The molecule has 0 spiro atoms. The molecule has 1 aliphatic heterocycles. The van der Waals surface area contributed by atoms with Crippen molar-refractivity contribution < 1.29 is 9.32 Å². The summed E-state index contributed by atoms with van der Waals surface area (Å²) >= 11 is 5.99. The van der Waals surface area contributed by atoms with E-state index in [0.29, 0.717) is 35.5 Å². The fourth-order valence-electron chi connectivity index (χ4n) is 3.04. The van der Waals surface area contributed by atoms with Gasteiger partial charge in [-0.1, -0.05) is 35.8 Å². The number of hydrogen-bond donors (Lipinski definition) is 1. The first-order chi connectivity index (χ1) is 11.1. The fraction of sp³-hybridized carbons (Fsp3) is 0.412. The Labute approximate surface area is 152 Å². The average molecular weight is 370 g/mol. The molecule has 1 saturated heterocycles. The Morgan fingerprint density at radius 3 is 2.96 bits per heavy atom. The third kappa shape index (κ3) is 3.91. The molecule has 2 aromatic rings. The minimum absolute atomic E-state index is 0. The molecule has 0 saturated carbocycles. The lowest BCUT2D eigenvalue weighted by Gasteiger charge is -2.37. The first-order valence-corrected chi connectivity index (χ1v) is 8.20. The van der Waals surface area contributed by atoms with Crippen LogP contribution in [0.1, 0.15) is 30.3 Å². The van der Waals surface area contributed by atoms with Crippen LogP contribution in [0.2, 0.25) is 5.02 Å². The lowest BCUT2D eigenvalue weighted by atomic mass is 9.92. The van der Waals surface area contributed by atoms with Crippen LogP contribution in [0, 0.1) is 5.92 Å². The molecule has 0 radical (unpaired) electrons. The molecule has 5 nitrogen and oxygen atoms in total. The molecule has 1 amide bonds. The number of carbonyl (C=O) groups excluding carboxylic acids is 1. The number of hydrogen-bond acceptors (Lipinski definition) is 4. The van der Waals surface area contributed by atoms with Gasteiger partial charge in [-0.25, -0.2) is 0 Å². The normalized spacial score (nSPS) is 20.5. The molecule has 1 aromatic heterocycles. The number of nitrogens with zero attached hydrogens (tertiary/aromatic N) is 2. The van der Waals surface area contributed by atoms with Crippen molar-refractivity contribution in [2.24, 2.45) is 11.7 Å². The zero-order valence-corrected chi connectivity index (χ0v) is 15.0. The molecule has 0 aliphatic carbocycles. The summed E-state index contributed by atoms with van der Waals surface area (Å²) < 4.78 is 5.32. The number of aromatic nitrogens is 1. The van der Waals surface area contributed by atoms with Crippen LogP contribution in [-0.2, 0) is 0 Å². The van der Waals surface area contributed by atoms with E-state index in [9.17, 15) is 4.79 Å². The van der Waals surface area contributed by atoms with Crippen molar-refractivity contribution in [1.29, 1.82) is 0 Å². The van der Waals surface area contributed by atoms with Crippen LogP contribution < -0.4 is 5.73 Å². The van der Waals surface area contributed by atoms with Gasteiger partial charge < -0.3 is 15.2 Å². The van der Waals surface area contributed by atoms with Crippen molar-refractivity contribution in [1.82, 2.24) is 10.1 Å². The van der Waals surface area contributed by atoms with Gasteiger partial charge in [-0.2, -0.15) is 0 Å². The van der Waals surface area contributed by atoms with E-state index in [1.54, 1.807) is 18.2 Å². The minimum Gasteiger partial charge on any atom is -0.355 e. The number of nitrogens with two attached hydrogens (primary N) is 1. The maximum absolute atomic E-state index is 12.7. The average Bonchev–Trinajstić information content (AvgIpc) is 3.04. The second-order valence-corrected chi connectivity index (χ2v) is 6.54. The number of benzene rings is 1. The Balaban J connectivity index is 0.00000208. The van der Waals surface area contributed by atoms with Gasteiger partial charge in [-0.3, -0.25) is 4.79 Å². The first-order valence-electron chi connectivity index (χ1n) is 7.82. The van der Waals surface area contributed by atoms with Gasteiger partial charge in [0.05, 0.1) is 0 Å². The van der Waals surface area contributed by atoms with Crippen LogP contribution in [0.3, 0.4) is 0 Å². The smallest absolute Gasteiger partial charge is 0.276 e. The van der Waals surface area contributed by atoms with Crippen molar-refractivity contribution in [2.45, 2.75) is 25.8 Å². The first kappa shape index (κ1) is 18.8. The van der Waals surface area contributed by atoms with Gasteiger partial charge in [0.2, 0.25) is 0 Å². The molecule has 1 aromatic carbocycles. The van der Waals surface area contributed by atoms with Crippen LogP contribution in [0.15, 0.2) is 34.9 Å². The highest BCUT2D eigenvalue weighted by atomic mass is 35.5. The van der Waals surface area contributed by atoms with E-state index in [1.165, 1.54) is 0 Å². The third-order valence-electron chi connectivity index (χ3n) is 4.35. The fourth-order valence-corrected chi connectivity index (χ4v) is 3.23. The van der Waals surface area contributed by atoms with Gasteiger partial charge >= 0.3 is 0 Å². The number of carbonyl (C=O) groups is 1. The van der Waals surface area contributed by atoms with Gasteiger partial charge in [0, 0.05) is 35.8 Å². The monoisotopic (exact) mass is 369 g/mol. The molecule has 130 valence electrons. The predicted molar refractivity (Wildman–Crippen MR) is 96.5 cm³/mol. The maximum atomic E-state index is 12.7. The molecule has 2 atom stereocenters. The standard InChI is InChI=1S/C17H20ClN3O2.ClH/c1-11-5-6-21(14(7-11)10-19)17(22)15-9-16(23-20-15)12-3-2-4-13(18)8-12;/h2-4,8-9,11,14H,5-7,10,19H2,1H3;1H. The number of amides is 1. The quantitative estimate of drug-likeness (QED) is 0.896. The number of halogens is 2. The van der Waals surface area contributed by atoms with E-state index in [-0.39, 0.29) is 24.4 Å². The summed E-state index contributed by atoms with van der Waals surface area (Å²) in [4.78, 5) is 14.5. The lowest BCUT2D eigenvalue weighted by molar-refractivity contribution is 0.0563. The lowest BCUT2D eigenvalue weighted by Crippen LogP contribution is -2.49. The minimum atomic E-state index is -0.121. The van der Waals surface area contributed by atoms with Crippen molar-refractivity contribution in [3.05, 3.63) is 41.0 Å². The SMILES string of the molecule is CC1CCN(C(=O)c2cc(-c3cccc(Cl)c3)on2)C(CN)C1.Cl. The van der Waals surface area contributed by atoms with Gasteiger partial charge in [0.1, 0.15) is 0 Å². The maximum Gasteiger partial charge on any atom is 0.276 e. The van der Waals surface area contributed by atoms with Gasteiger partial charge in [-0.15, -0.1) is 12.4 Å². The number of rotatable bonds is 3. The van der Waals surface area contributed by atoms with E-state index in [4.69, 9.17) is 21.9 Å². The predicted octanol–water partition coefficient (Wildman–Crippen LogP) is 3.62. The summed E-state index contributed by atoms with van der Waals surface area (Å²) in [7, 11) is 0. The molecular weight excluding hydrogens is 349 g/mol. The van der Waals surface area contributed by atoms with Crippen LogP contribution in [0.25, 0.3) is 11.3 Å². The molecule has 3 rings (SSSR count). The molecular formula is C17H21Cl2N3O2. The summed E-state index contributed by atoms with van der Waals surface area (Å²) in [5.74, 6) is 1.00. The summed E-state index contributed by atoms with van der Waals surface area (Å²) in [5.41, 5.74) is 6.94. The molecule has 7 heteroatoms. The topological polar surface area (TPSA) is 72.4 Å². The van der Waals surface area contributed by atoms with Gasteiger partial charge in [0.25, 0.3) is 5.91 Å². The molecule has 2 unspecified atom stereocenters. The Bertz CT molecular complexity index is 705. The largest absolute Gasteiger partial charge is 0.355 e. The van der Waals surface area contributed by atoms with Gasteiger partial charge in [0.15, 0.2) is 11.5 Å². The van der Waals surface area contributed by atoms with Crippen LogP contribution >= 0.6 is 24.0 Å². The second kappa shape index (κ2) is 8.01. The van der Waals surface area contributed by atoms with Gasteiger partial charge in [-0.05, 0) is 30.9 Å². The molecule has 24 heavy (non-hydrogen) atoms. The van der Waals surface area contributed by atoms with Crippen molar-refractivity contribution in [3.63, 3.8) is 0 Å². The molecule has 2 N–H and O–H groups in total. The van der Waals surface area contributed by atoms with Crippen LogP contribution in [-0.4, -0.2) is 35.1 Å². The second-order valence-electron chi connectivity index (χ2n) is 6.10. The molecule has 1 fully saturated rings. The Morgan fingerprint density at radius 2 is 2.25 bits per heavy atom. The highest BCUT2D eigenvalue weighted by Gasteiger charge is 2.31. The van der Waals surface area contributed by atoms with E-state index in [1.807, 2.05) is 17.0 Å². The van der Waals surface area contributed by atoms with Crippen LogP contribution in [0.4, 0.5) is 0 Å². The Hall–Kier alpha value is -1.56. The summed E-state index contributed by atoms with van der Waals surface area (Å²) in [5, 5.41) is 4.55. The third-order valence-corrected chi connectivity index (χ3v) is 4.58. The number of likely N-dealkylation sites (tertiary alicyclic amines) is 1. The molecule has 1 aliphatic rings. The van der Waals surface area contributed by atoms with E-state index >= 15 is 0 Å². The van der Waals surface area contributed by atoms with Crippen molar-refractivity contribution >= 4 is 29.9 Å². The van der Waals surface area contributed by atoms with E-state index in [2.05, 4.69) is 12.1 Å². The summed E-state index contributed by atoms with van der Waals surface area (Å²) in [6.07, 6.45) is 1.92. The van der Waals surface area contributed by atoms with Crippen molar-refractivity contribution in [3.8, 4) is 11.3 Å². The van der Waals surface area contributed by atoms with Crippen molar-refractivity contribution in [2.75, 3.05) is 13.1 Å². The summed E-state index contributed by atoms with van der Waals surface area (Å²) in [6, 6.07) is 9.00. The summed E-state index contributed by atoms with van der Waals surface area (Å²) in [6.45, 7) is 3.37. The van der Waals surface area contributed by atoms with E-state index < -0.39 is 0 Å². The highest BCUT2D eigenvalue weighted by Crippen LogP contribution is 2.26. The molecule has 2 heterocycles. The Morgan fingerprint density at radius 1 is 1.46 bits per heavy atom. The molecule has 0 bridgehead atoms. The zero-order valence-electron chi connectivity index (χ0n) is 13.4. The van der Waals surface area contributed by atoms with E-state index in [0.717, 1.165) is 18.4 Å². The zero-order chi connectivity index (χ0) is 16.4. The Kier molecular flexibility index (Phi) is 6.27. The van der Waals surface area contributed by atoms with Crippen LogP contribution in [0.5, 0.6) is 0 Å². The number of piperidine rings is 1.